The third-order valence-electron chi connectivity index (χ3n) is 3.97. The van der Waals surface area contributed by atoms with Crippen LogP contribution in [0.5, 0.6) is 5.75 Å². The van der Waals surface area contributed by atoms with Crippen LogP contribution in [0.15, 0.2) is 27.6 Å². The Balaban J connectivity index is 2.43. The molecule has 7 heteroatoms. The van der Waals surface area contributed by atoms with E-state index in [4.69, 9.17) is 10.5 Å². The fraction of sp³-hybridized carbons (Fsp3) is 0.571. The number of nitrogens with two attached hydrogens (primary N) is 1. The monoisotopic (exact) mass is 376 g/mol. The Hall–Kier alpha value is -0.630. The maximum absolute atomic E-state index is 13.0. The zero-order valence-corrected chi connectivity index (χ0v) is 14.7. The van der Waals surface area contributed by atoms with E-state index in [1.54, 1.807) is 22.5 Å². The number of ether oxygens (including phenoxy) is 1. The summed E-state index contributed by atoms with van der Waals surface area (Å²) in [5.74, 6) is 0.578. The van der Waals surface area contributed by atoms with Gasteiger partial charge in [0.25, 0.3) is 0 Å². The maximum Gasteiger partial charge on any atom is 0.247 e. The molecule has 2 rings (SSSR count). The number of benzene rings is 1. The van der Waals surface area contributed by atoms with Crippen molar-refractivity contribution in [2.24, 2.45) is 11.7 Å². The number of piperidine rings is 1. The minimum Gasteiger partial charge on any atom is -0.495 e. The van der Waals surface area contributed by atoms with Gasteiger partial charge in [0.2, 0.25) is 10.0 Å². The predicted molar refractivity (Wildman–Crippen MR) is 85.8 cm³/mol. The second kappa shape index (κ2) is 6.64. The third kappa shape index (κ3) is 3.41. The van der Waals surface area contributed by atoms with Crippen molar-refractivity contribution in [2.75, 3.05) is 20.2 Å². The van der Waals surface area contributed by atoms with Crippen molar-refractivity contribution in [1.82, 2.24) is 4.31 Å². The lowest BCUT2D eigenvalue weighted by atomic mass is 9.96. The van der Waals surface area contributed by atoms with E-state index in [0.29, 0.717) is 23.3 Å². The Morgan fingerprint density at radius 2 is 2.14 bits per heavy atom. The first-order chi connectivity index (χ1) is 9.90. The van der Waals surface area contributed by atoms with Crippen LogP contribution in [0.2, 0.25) is 0 Å². The molecule has 2 N–H and O–H groups in total. The molecule has 0 aromatic heterocycles. The zero-order chi connectivity index (χ0) is 15.6. The summed E-state index contributed by atoms with van der Waals surface area (Å²) in [5.41, 5.74) is 5.72. The van der Waals surface area contributed by atoms with E-state index < -0.39 is 10.0 Å². The molecule has 1 aliphatic heterocycles. The van der Waals surface area contributed by atoms with Crippen molar-refractivity contribution in [3.8, 4) is 5.75 Å². The van der Waals surface area contributed by atoms with Crippen molar-refractivity contribution in [2.45, 2.75) is 30.7 Å². The van der Waals surface area contributed by atoms with E-state index in [1.165, 1.54) is 7.11 Å². The van der Waals surface area contributed by atoms with Crippen molar-refractivity contribution >= 4 is 26.0 Å². The molecule has 2 unspecified atom stereocenters. The molecule has 0 saturated carbocycles. The van der Waals surface area contributed by atoms with Gasteiger partial charge in [-0.15, -0.1) is 0 Å². The highest BCUT2D eigenvalue weighted by atomic mass is 79.9. The molecule has 0 bridgehead atoms. The summed E-state index contributed by atoms with van der Waals surface area (Å²) in [5, 5.41) is 0. The Bertz CT molecular complexity index is 606. The molecular formula is C14H21BrN2O3S. The van der Waals surface area contributed by atoms with Gasteiger partial charge in [-0.3, -0.25) is 0 Å². The highest BCUT2D eigenvalue weighted by molar-refractivity contribution is 9.10. The van der Waals surface area contributed by atoms with E-state index in [2.05, 4.69) is 15.9 Å². The van der Waals surface area contributed by atoms with Crippen molar-refractivity contribution in [3.05, 3.63) is 22.7 Å². The van der Waals surface area contributed by atoms with Crippen molar-refractivity contribution in [3.63, 3.8) is 0 Å². The van der Waals surface area contributed by atoms with Crippen LogP contribution in [0.3, 0.4) is 0 Å². The molecule has 1 saturated heterocycles. The molecule has 1 aromatic carbocycles. The van der Waals surface area contributed by atoms with Gasteiger partial charge in [-0.2, -0.15) is 4.31 Å². The second-order valence-electron chi connectivity index (χ2n) is 5.40. The van der Waals surface area contributed by atoms with Gasteiger partial charge in [0.1, 0.15) is 10.6 Å². The molecule has 2 atom stereocenters. The smallest absolute Gasteiger partial charge is 0.247 e. The van der Waals surface area contributed by atoms with E-state index >= 15 is 0 Å². The van der Waals surface area contributed by atoms with Crippen LogP contribution in [0.1, 0.15) is 19.8 Å². The highest BCUT2D eigenvalue weighted by Crippen LogP contribution is 2.33. The standard InChI is InChI=1S/C14H21BrN2O3S/c1-10-3-4-11(8-16)9-17(10)21(18,19)14-7-12(15)5-6-13(14)20-2/h5-7,10-11H,3-4,8-9,16H2,1-2H3. The number of halogens is 1. The molecule has 1 aliphatic rings. The van der Waals surface area contributed by atoms with Gasteiger partial charge in [-0.1, -0.05) is 15.9 Å². The minimum atomic E-state index is -3.60. The molecule has 118 valence electrons. The van der Waals surface area contributed by atoms with Crippen LogP contribution in [0.25, 0.3) is 0 Å². The molecule has 21 heavy (non-hydrogen) atoms. The summed E-state index contributed by atoms with van der Waals surface area (Å²) in [6, 6.07) is 4.99. The van der Waals surface area contributed by atoms with Gasteiger partial charge >= 0.3 is 0 Å². The lowest BCUT2D eigenvalue weighted by Crippen LogP contribution is -2.47. The van der Waals surface area contributed by atoms with Crippen LogP contribution >= 0.6 is 15.9 Å². The molecule has 1 fully saturated rings. The number of rotatable bonds is 4. The summed E-state index contributed by atoms with van der Waals surface area (Å²) in [4.78, 5) is 0.198. The Morgan fingerprint density at radius 3 is 2.76 bits per heavy atom. The Kier molecular flexibility index (Phi) is 5.29. The minimum absolute atomic E-state index is 0.0264. The molecule has 0 aliphatic carbocycles. The third-order valence-corrected chi connectivity index (χ3v) is 6.46. The molecule has 5 nitrogen and oxygen atoms in total. The van der Waals surface area contributed by atoms with E-state index in [-0.39, 0.29) is 16.9 Å². The molecule has 1 aromatic rings. The van der Waals surface area contributed by atoms with Gasteiger partial charge in [0, 0.05) is 17.1 Å². The van der Waals surface area contributed by atoms with Crippen molar-refractivity contribution < 1.29 is 13.2 Å². The predicted octanol–water partition coefficient (Wildman–Crippen LogP) is 2.21. The van der Waals surface area contributed by atoms with E-state index in [1.807, 2.05) is 6.92 Å². The van der Waals surface area contributed by atoms with Crippen LogP contribution < -0.4 is 10.5 Å². The summed E-state index contributed by atoms with van der Waals surface area (Å²) in [7, 11) is -2.12. The first-order valence-electron chi connectivity index (χ1n) is 6.95. The molecule has 0 spiro atoms. The SMILES string of the molecule is COc1ccc(Br)cc1S(=O)(=O)N1CC(CN)CCC1C. The van der Waals surface area contributed by atoms with Crippen LogP contribution in [-0.4, -0.2) is 39.0 Å². The number of hydrogen-bond acceptors (Lipinski definition) is 4. The van der Waals surface area contributed by atoms with Crippen LogP contribution in [-0.2, 0) is 10.0 Å². The van der Waals surface area contributed by atoms with Crippen molar-refractivity contribution in [1.29, 1.82) is 0 Å². The lowest BCUT2D eigenvalue weighted by Gasteiger charge is -2.36. The summed E-state index contributed by atoms with van der Waals surface area (Å²) in [6.45, 7) is 2.92. The Morgan fingerprint density at radius 1 is 1.43 bits per heavy atom. The fourth-order valence-electron chi connectivity index (χ4n) is 2.65. The summed E-state index contributed by atoms with van der Waals surface area (Å²) >= 11 is 3.32. The summed E-state index contributed by atoms with van der Waals surface area (Å²) in [6.07, 6.45) is 1.80. The first kappa shape index (κ1) is 16.7. The molecule has 1 heterocycles. The second-order valence-corrected chi connectivity index (χ2v) is 8.17. The van der Waals surface area contributed by atoms with Gasteiger partial charge in [-0.25, -0.2) is 8.42 Å². The zero-order valence-electron chi connectivity index (χ0n) is 12.3. The number of sulfonamides is 1. The maximum atomic E-state index is 13.0. The first-order valence-corrected chi connectivity index (χ1v) is 9.19. The van der Waals surface area contributed by atoms with Crippen LogP contribution in [0.4, 0.5) is 0 Å². The fourth-order valence-corrected chi connectivity index (χ4v) is 5.09. The van der Waals surface area contributed by atoms with Crippen LogP contribution in [0, 0.1) is 5.92 Å². The van der Waals surface area contributed by atoms with E-state index in [9.17, 15) is 8.42 Å². The van der Waals surface area contributed by atoms with E-state index in [0.717, 1.165) is 12.8 Å². The average Bonchev–Trinajstić information content (AvgIpc) is 2.47. The number of nitrogens with zero attached hydrogens (tertiary/aromatic N) is 1. The largest absolute Gasteiger partial charge is 0.495 e. The Labute approximate surface area is 134 Å². The quantitative estimate of drug-likeness (QED) is 0.873. The van der Waals surface area contributed by atoms with Gasteiger partial charge in [0.15, 0.2) is 0 Å². The average molecular weight is 377 g/mol. The number of hydrogen-bond donors (Lipinski definition) is 1. The topological polar surface area (TPSA) is 72.6 Å². The molecule has 0 amide bonds. The highest BCUT2D eigenvalue weighted by Gasteiger charge is 2.36. The lowest BCUT2D eigenvalue weighted by molar-refractivity contribution is 0.210. The van der Waals surface area contributed by atoms with Gasteiger partial charge in [0.05, 0.1) is 7.11 Å². The van der Waals surface area contributed by atoms with Gasteiger partial charge < -0.3 is 10.5 Å². The number of methoxy groups -OCH3 is 1. The normalized spacial score (nSPS) is 24.0. The molecule has 0 radical (unpaired) electrons. The molecular weight excluding hydrogens is 356 g/mol. The van der Waals surface area contributed by atoms with Gasteiger partial charge in [-0.05, 0) is 50.4 Å². The summed E-state index contributed by atoms with van der Waals surface area (Å²) < 4.78 is 33.4.